The Kier molecular flexibility index (Phi) is 4.57. The average Bonchev–Trinajstić information content (AvgIpc) is 2.73. The smallest absolute Gasteiger partial charge is 0.106 e. The highest BCUT2D eigenvalue weighted by atomic mass is 15.1. The second-order valence-electron chi connectivity index (χ2n) is 6.84. The molecule has 0 saturated carbocycles. The van der Waals surface area contributed by atoms with Crippen molar-refractivity contribution in [2.24, 2.45) is 4.99 Å². The Morgan fingerprint density at radius 2 is 1.46 bits per heavy atom. The number of hydrogen-bond donors (Lipinski definition) is 1. The van der Waals surface area contributed by atoms with Crippen molar-refractivity contribution in [1.29, 1.82) is 0 Å². The molecule has 0 bridgehead atoms. The number of hydrogen-bond acceptors (Lipinski definition) is 2. The normalized spacial score (nSPS) is 18.6. The number of fused-ring (bicyclic) bond motifs is 1. The van der Waals surface area contributed by atoms with Gasteiger partial charge in [0.25, 0.3) is 0 Å². The number of nitrogens with one attached hydrogen (secondary N) is 1. The number of nitrogens with zero attached hydrogens (tertiary/aromatic N) is 1. The van der Waals surface area contributed by atoms with Crippen LogP contribution in [0.5, 0.6) is 0 Å². The van der Waals surface area contributed by atoms with E-state index in [0.29, 0.717) is 0 Å². The number of aliphatic imine (C=N–C) groups is 1. The molecule has 0 spiro atoms. The molecule has 2 heteroatoms. The third-order valence-electron chi connectivity index (χ3n) is 5.11. The molecule has 1 aliphatic heterocycles. The lowest BCUT2D eigenvalue weighted by Gasteiger charge is -2.41. The van der Waals surface area contributed by atoms with Crippen molar-refractivity contribution in [3.8, 4) is 0 Å². The molecule has 0 aliphatic carbocycles. The Labute approximate surface area is 155 Å². The Bertz CT molecular complexity index is 900. The first-order chi connectivity index (χ1) is 12.8. The molecule has 2 nitrogen and oxygen atoms in total. The number of para-hydroxylation sites is 2. The van der Waals surface area contributed by atoms with Gasteiger partial charge in [-0.1, -0.05) is 92.6 Å². The summed E-state index contributed by atoms with van der Waals surface area (Å²) in [6.07, 6.45) is 3.30. The summed E-state index contributed by atoms with van der Waals surface area (Å²) in [6, 6.07) is 29.7. The summed E-state index contributed by atoms with van der Waals surface area (Å²) in [6.45, 7) is 2.24. The first-order valence-corrected chi connectivity index (χ1v) is 9.41. The van der Waals surface area contributed by atoms with E-state index in [1.165, 1.54) is 11.1 Å². The molecule has 0 saturated heterocycles. The van der Waals surface area contributed by atoms with Crippen LogP contribution >= 0.6 is 0 Å². The summed E-state index contributed by atoms with van der Waals surface area (Å²) in [5.74, 6) is 0. The van der Waals surface area contributed by atoms with Crippen LogP contribution in [0, 0.1) is 0 Å². The van der Waals surface area contributed by atoms with E-state index in [1.54, 1.807) is 0 Å². The number of unbranched alkanes of at least 4 members (excludes halogenated alkanes) is 1. The molecule has 1 N–H and O–H groups in total. The van der Waals surface area contributed by atoms with Gasteiger partial charge in [-0.05, 0) is 29.7 Å². The van der Waals surface area contributed by atoms with Gasteiger partial charge < -0.3 is 5.32 Å². The summed E-state index contributed by atoms with van der Waals surface area (Å²) in [5, 5.41) is 3.88. The molecular formula is C24H24N2. The lowest BCUT2D eigenvalue weighted by atomic mass is 9.76. The second-order valence-corrected chi connectivity index (χ2v) is 6.84. The molecule has 0 amide bonds. The molecule has 0 radical (unpaired) electrons. The van der Waals surface area contributed by atoms with Crippen molar-refractivity contribution < 1.29 is 0 Å². The van der Waals surface area contributed by atoms with E-state index in [4.69, 9.17) is 4.99 Å². The van der Waals surface area contributed by atoms with Gasteiger partial charge in [-0.2, -0.15) is 0 Å². The predicted molar refractivity (Wildman–Crippen MR) is 110 cm³/mol. The zero-order chi connectivity index (χ0) is 17.8. The van der Waals surface area contributed by atoms with Gasteiger partial charge >= 0.3 is 0 Å². The number of anilines is 1. The highest BCUT2D eigenvalue weighted by molar-refractivity contribution is 6.12. The molecule has 1 aliphatic rings. The Hall–Kier alpha value is -2.87. The first kappa shape index (κ1) is 16.6. The molecule has 0 unspecified atom stereocenters. The topological polar surface area (TPSA) is 24.4 Å². The molecule has 0 aromatic heterocycles. The van der Waals surface area contributed by atoms with E-state index in [9.17, 15) is 0 Å². The highest BCUT2D eigenvalue weighted by Crippen LogP contribution is 2.43. The summed E-state index contributed by atoms with van der Waals surface area (Å²) < 4.78 is 0. The lowest BCUT2D eigenvalue weighted by Crippen LogP contribution is -2.45. The molecule has 3 aromatic carbocycles. The van der Waals surface area contributed by atoms with Crippen molar-refractivity contribution in [2.45, 2.75) is 31.7 Å². The fourth-order valence-corrected chi connectivity index (χ4v) is 3.79. The molecule has 130 valence electrons. The van der Waals surface area contributed by atoms with E-state index in [0.717, 1.165) is 36.3 Å². The molecule has 26 heavy (non-hydrogen) atoms. The third kappa shape index (κ3) is 2.92. The quantitative estimate of drug-likeness (QED) is 0.577. The van der Waals surface area contributed by atoms with Crippen LogP contribution < -0.4 is 5.32 Å². The van der Waals surface area contributed by atoms with Crippen LogP contribution in [0.2, 0.25) is 0 Å². The van der Waals surface area contributed by atoms with Crippen molar-refractivity contribution in [3.05, 3.63) is 96.1 Å². The summed E-state index contributed by atoms with van der Waals surface area (Å²) in [5.41, 5.74) is 5.35. The van der Waals surface area contributed by atoms with E-state index in [-0.39, 0.29) is 5.54 Å². The van der Waals surface area contributed by atoms with Gasteiger partial charge in [-0.25, -0.2) is 4.99 Å². The first-order valence-electron chi connectivity index (χ1n) is 9.41. The molecule has 4 rings (SSSR count). The minimum Gasteiger partial charge on any atom is -0.369 e. The molecule has 1 heterocycles. The summed E-state index contributed by atoms with van der Waals surface area (Å²) in [4.78, 5) is 5.15. The maximum atomic E-state index is 5.15. The average molecular weight is 340 g/mol. The minimum absolute atomic E-state index is 0.313. The maximum Gasteiger partial charge on any atom is 0.106 e. The standard InChI is InChI=1S/C24H24N2/c1-2-3-18-24(20-14-8-5-9-15-20)23(19-12-6-4-7-13-19)25-21-16-10-11-17-22(21)26-24/h4-17,26H,2-3,18H2,1H3/t24-/m1/s1. The Morgan fingerprint density at radius 1 is 0.808 bits per heavy atom. The van der Waals surface area contributed by atoms with Gasteiger partial charge in [0.15, 0.2) is 0 Å². The fourth-order valence-electron chi connectivity index (χ4n) is 3.79. The number of rotatable bonds is 5. The largest absolute Gasteiger partial charge is 0.369 e. The van der Waals surface area contributed by atoms with Crippen molar-refractivity contribution in [1.82, 2.24) is 0 Å². The van der Waals surface area contributed by atoms with Gasteiger partial charge in [-0.15, -0.1) is 0 Å². The SMILES string of the molecule is CCCC[C@]1(c2ccccc2)Nc2ccccc2N=C1c1ccccc1. The van der Waals surface area contributed by atoms with Gasteiger partial charge in [0, 0.05) is 0 Å². The van der Waals surface area contributed by atoms with Crippen molar-refractivity contribution in [3.63, 3.8) is 0 Å². The fraction of sp³-hybridized carbons (Fsp3) is 0.208. The zero-order valence-electron chi connectivity index (χ0n) is 15.2. The van der Waals surface area contributed by atoms with Gasteiger partial charge in [-0.3, -0.25) is 0 Å². The minimum atomic E-state index is -0.313. The predicted octanol–water partition coefficient (Wildman–Crippen LogP) is 6.32. The van der Waals surface area contributed by atoms with Gasteiger partial charge in [0.05, 0.1) is 17.1 Å². The molecular weight excluding hydrogens is 316 g/mol. The van der Waals surface area contributed by atoms with Crippen molar-refractivity contribution >= 4 is 17.1 Å². The molecule has 3 aromatic rings. The monoisotopic (exact) mass is 340 g/mol. The van der Waals surface area contributed by atoms with Crippen LogP contribution in [0.25, 0.3) is 0 Å². The Balaban J connectivity index is 1.95. The molecule has 1 atom stereocenters. The van der Waals surface area contributed by atoms with E-state index >= 15 is 0 Å². The zero-order valence-corrected chi connectivity index (χ0v) is 15.2. The molecule has 0 fully saturated rings. The Morgan fingerprint density at radius 3 is 2.19 bits per heavy atom. The van der Waals surface area contributed by atoms with E-state index in [1.807, 2.05) is 6.07 Å². The van der Waals surface area contributed by atoms with Crippen molar-refractivity contribution in [2.75, 3.05) is 5.32 Å². The van der Waals surface area contributed by atoms with Crippen LogP contribution in [0.4, 0.5) is 11.4 Å². The van der Waals surface area contributed by atoms with Gasteiger partial charge in [0.1, 0.15) is 5.54 Å². The van der Waals surface area contributed by atoms with Crippen LogP contribution in [-0.2, 0) is 5.54 Å². The number of benzene rings is 3. The van der Waals surface area contributed by atoms with Crippen LogP contribution in [0.3, 0.4) is 0 Å². The van der Waals surface area contributed by atoms with Crippen LogP contribution in [-0.4, -0.2) is 5.71 Å². The highest BCUT2D eigenvalue weighted by Gasteiger charge is 2.40. The van der Waals surface area contributed by atoms with Crippen LogP contribution in [0.1, 0.15) is 37.3 Å². The third-order valence-corrected chi connectivity index (χ3v) is 5.11. The maximum absolute atomic E-state index is 5.15. The van der Waals surface area contributed by atoms with Gasteiger partial charge in [0.2, 0.25) is 0 Å². The summed E-state index contributed by atoms with van der Waals surface area (Å²) >= 11 is 0. The lowest BCUT2D eigenvalue weighted by molar-refractivity contribution is 0.551. The van der Waals surface area contributed by atoms with Crippen LogP contribution in [0.15, 0.2) is 89.9 Å². The van der Waals surface area contributed by atoms with E-state index < -0.39 is 0 Å². The van der Waals surface area contributed by atoms with E-state index in [2.05, 4.69) is 91.1 Å². The summed E-state index contributed by atoms with van der Waals surface area (Å²) in [7, 11) is 0. The second kappa shape index (κ2) is 7.17.